The number of piperidine rings is 1. The number of nitrogens with one attached hydrogen (secondary N) is 1. The van der Waals surface area contributed by atoms with Crippen molar-refractivity contribution >= 4 is 11.9 Å². The summed E-state index contributed by atoms with van der Waals surface area (Å²) in [6, 6.07) is 0. The van der Waals surface area contributed by atoms with Crippen LogP contribution < -0.4 is 5.32 Å². The molecule has 0 bridgehead atoms. The van der Waals surface area contributed by atoms with Crippen LogP contribution in [0.15, 0.2) is 0 Å². The predicted octanol–water partition coefficient (Wildman–Crippen LogP) is 0.572. The number of nitrogens with zero attached hydrogens (tertiary/aromatic N) is 1. The molecular weight excluding hydrogens is 260 g/mol. The van der Waals surface area contributed by atoms with Gasteiger partial charge in [0, 0.05) is 13.1 Å². The van der Waals surface area contributed by atoms with Gasteiger partial charge in [-0.2, -0.15) is 0 Å². The topological polar surface area (TPSA) is 78.9 Å². The highest BCUT2D eigenvalue weighted by Crippen LogP contribution is 2.23. The molecule has 6 heteroatoms. The highest BCUT2D eigenvalue weighted by Gasteiger charge is 2.32. The predicted molar refractivity (Wildman–Crippen MR) is 75.5 cm³/mol. The first-order valence-corrected chi connectivity index (χ1v) is 7.08. The Labute approximate surface area is 120 Å². The molecule has 116 valence electrons. The summed E-state index contributed by atoms with van der Waals surface area (Å²) in [4.78, 5) is 24.5. The molecule has 1 fully saturated rings. The molecule has 0 radical (unpaired) electrons. The average molecular weight is 286 g/mol. The van der Waals surface area contributed by atoms with Gasteiger partial charge in [0.1, 0.15) is 0 Å². The summed E-state index contributed by atoms with van der Waals surface area (Å²) in [6.45, 7) is 7.06. The van der Waals surface area contributed by atoms with Gasteiger partial charge in [0.25, 0.3) is 0 Å². The van der Waals surface area contributed by atoms with E-state index in [1.165, 1.54) is 7.11 Å². The van der Waals surface area contributed by atoms with Gasteiger partial charge < -0.3 is 20.1 Å². The number of ether oxygens (including phenoxy) is 1. The first kappa shape index (κ1) is 16.9. The van der Waals surface area contributed by atoms with Crippen molar-refractivity contribution in [3.05, 3.63) is 0 Å². The number of hydrogen-bond donors (Lipinski definition) is 2. The van der Waals surface area contributed by atoms with E-state index < -0.39 is 11.4 Å². The molecule has 20 heavy (non-hydrogen) atoms. The number of carboxylic acid groups (broad SMARTS) is 1. The normalized spacial score (nSPS) is 20.6. The molecule has 2 N–H and O–H groups in total. The average Bonchev–Trinajstić information content (AvgIpc) is 2.37. The highest BCUT2D eigenvalue weighted by atomic mass is 16.5. The van der Waals surface area contributed by atoms with E-state index >= 15 is 0 Å². The summed E-state index contributed by atoms with van der Waals surface area (Å²) in [5, 5.41) is 11.6. The van der Waals surface area contributed by atoms with Gasteiger partial charge in [0.15, 0.2) is 0 Å². The van der Waals surface area contributed by atoms with E-state index in [2.05, 4.69) is 10.2 Å². The molecule has 1 rings (SSSR count). The number of esters is 1. The molecule has 0 amide bonds. The lowest BCUT2D eigenvalue weighted by Gasteiger charge is -2.36. The number of hydrogen-bond acceptors (Lipinski definition) is 5. The molecule has 0 aromatic carbocycles. The van der Waals surface area contributed by atoms with Crippen LogP contribution in [0.4, 0.5) is 0 Å². The number of carbonyl (C=O) groups is 2. The number of likely N-dealkylation sites (tertiary alicyclic amines) is 1. The van der Waals surface area contributed by atoms with E-state index in [9.17, 15) is 9.59 Å². The Kier molecular flexibility index (Phi) is 6.42. The van der Waals surface area contributed by atoms with E-state index in [1.807, 2.05) is 13.8 Å². The summed E-state index contributed by atoms with van der Waals surface area (Å²) < 4.78 is 4.83. The molecule has 0 spiro atoms. The maximum atomic E-state index is 11.7. The Hall–Kier alpha value is -1.14. The second-order valence-corrected chi connectivity index (χ2v) is 6.14. The smallest absolute Gasteiger partial charge is 0.317 e. The van der Waals surface area contributed by atoms with Crippen molar-refractivity contribution in [3.63, 3.8) is 0 Å². The summed E-state index contributed by atoms with van der Waals surface area (Å²) in [5.41, 5.74) is -0.509. The quantitative estimate of drug-likeness (QED) is 0.666. The largest absolute Gasteiger partial charge is 0.480 e. The van der Waals surface area contributed by atoms with Crippen LogP contribution in [0, 0.1) is 11.3 Å². The molecule has 1 atom stereocenters. The Morgan fingerprint density at radius 1 is 1.45 bits per heavy atom. The van der Waals surface area contributed by atoms with Crippen LogP contribution in [0.1, 0.15) is 26.7 Å². The fourth-order valence-electron chi connectivity index (χ4n) is 2.74. The van der Waals surface area contributed by atoms with Crippen LogP contribution in [0.3, 0.4) is 0 Å². The molecule has 1 saturated heterocycles. The van der Waals surface area contributed by atoms with Crippen molar-refractivity contribution in [2.24, 2.45) is 11.3 Å². The van der Waals surface area contributed by atoms with Crippen molar-refractivity contribution in [2.45, 2.75) is 26.7 Å². The highest BCUT2D eigenvalue weighted by molar-refractivity contribution is 5.76. The zero-order valence-corrected chi connectivity index (χ0v) is 12.6. The van der Waals surface area contributed by atoms with E-state index in [4.69, 9.17) is 9.84 Å². The lowest BCUT2D eigenvalue weighted by Crippen LogP contribution is -2.46. The van der Waals surface area contributed by atoms with Gasteiger partial charge in [0.05, 0.1) is 19.1 Å². The van der Waals surface area contributed by atoms with Crippen molar-refractivity contribution in [1.82, 2.24) is 10.2 Å². The minimum atomic E-state index is -0.829. The van der Waals surface area contributed by atoms with E-state index in [0.29, 0.717) is 19.0 Å². The minimum Gasteiger partial charge on any atom is -0.480 e. The fourth-order valence-corrected chi connectivity index (χ4v) is 2.74. The lowest BCUT2D eigenvalue weighted by molar-refractivity contribution is -0.152. The molecule has 1 unspecified atom stereocenters. The summed E-state index contributed by atoms with van der Waals surface area (Å²) in [5.74, 6) is -0.579. The zero-order chi connectivity index (χ0) is 15.2. The Morgan fingerprint density at radius 3 is 2.75 bits per heavy atom. The molecule has 6 nitrogen and oxygen atoms in total. The molecule has 1 aliphatic rings. The maximum absolute atomic E-state index is 11.7. The van der Waals surface area contributed by atoms with Gasteiger partial charge in [-0.25, -0.2) is 0 Å². The molecule has 1 heterocycles. The van der Waals surface area contributed by atoms with Crippen LogP contribution in [-0.2, 0) is 14.3 Å². The molecular formula is C14H26N2O4. The van der Waals surface area contributed by atoms with Gasteiger partial charge in [0.2, 0.25) is 0 Å². The molecule has 0 aromatic rings. The number of carboxylic acids is 1. The van der Waals surface area contributed by atoms with Gasteiger partial charge in [-0.15, -0.1) is 0 Å². The van der Waals surface area contributed by atoms with E-state index in [0.717, 1.165) is 25.9 Å². The van der Waals surface area contributed by atoms with Crippen LogP contribution in [0.5, 0.6) is 0 Å². The molecule has 0 aromatic heterocycles. The third-order valence-corrected chi connectivity index (χ3v) is 3.67. The van der Waals surface area contributed by atoms with Gasteiger partial charge in [-0.3, -0.25) is 9.59 Å². The second kappa shape index (κ2) is 7.59. The summed E-state index contributed by atoms with van der Waals surface area (Å²) in [6.07, 6.45) is 2.18. The van der Waals surface area contributed by atoms with Crippen LogP contribution in [0.2, 0.25) is 0 Å². The maximum Gasteiger partial charge on any atom is 0.317 e. The standard InChI is InChI=1S/C14H26N2O4/c1-14(2,13(19)20-3)10-16-6-4-5-11(9-16)7-15-8-12(17)18/h11,15H,4-10H2,1-3H3,(H,17,18). The third-order valence-electron chi connectivity index (χ3n) is 3.67. The second-order valence-electron chi connectivity index (χ2n) is 6.14. The Morgan fingerprint density at radius 2 is 2.15 bits per heavy atom. The van der Waals surface area contributed by atoms with Crippen LogP contribution in [-0.4, -0.2) is 61.8 Å². The first-order chi connectivity index (χ1) is 9.35. The minimum absolute atomic E-state index is 0.00412. The Bertz CT molecular complexity index is 344. The van der Waals surface area contributed by atoms with E-state index in [-0.39, 0.29) is 12.5 Å². The summed E-state index contributed by atoms with van der Waals surface area (Å²) >= 11 is 0. The first-order valence-electron chi connectivity index (χ1n) is 7.08. The number of rotatable bonds is 7. The van der Waals surface area contributed by atoms with Crippen LogP contribution >= 0.6 is 0 Å². The molecule has 0 saturated carbocycles. The van der Waals surface area contributed by atoms with E-state index in [1.54, 1.807) is 0 Å². The third kappa shape index (κ3) is 5.46. The van der Waals surface area contributed by atoms with Gasteiger partial charge in [-0.1, -0.05) is 0 Å². The molecule has 0 aliphatic carbocycles. The summed E-state index contributed by atoms with van der Waals surface area (Å²) in [7, 11) is 1.42. The molecule has 1 aliphatic heterocycles. The van der Waals surface area contributed by atoms with Crippen molar-refractivity contribution < 1.29 is 19.4 Å². The van der Waals surface area contributed by atoms with Gasteiger partial charge >= 0.3 is 11.9 Å². The number of methoxy groups -OCH3 is 1. The SMILES string of the molecule is COC(=O)C(C)(C)CN1CCCC(CNCC(=O)O)C1. The lowest BCUT2D eigenvalue weighted by atomic mass is 9.90. The van der Waals surface area contributed by atoms with Gasteiger partial charge in [-0.05, 0) is 45.7 Å². The Balaban J connectivity index is 2.40. The fraction of sp³-hybridized carbons (Fsp3) is 0.857. The van der Waals surface area contributed by atoms with Crippen LogP contribution in [0.25, 0.3) is 0 Å². The monoisotopic (exact) mass is 286 g/mol. The number of aliphatic carboxylic acids is 1. The number of carbonyl (C=O) groups excluding carboxylic acids is 1. The van der Waals surface area contributed by atoms with Crippen molar-refractivity contribution in [3.8, 4) is 0 Å². The zero-order valence-electron chi connectivity index (χ0n) is 12.6. The van der Waals surface area contributed by atoms with Crippen molar-refractivity contribution in [2.75, 3.05) is 39.8 Å². The van der Waals surface area contributed by atoms with Crippen molar-refractivity contribution in [1.29, 1.82) is 0 Å².